The molecule has 1 amide bonds. The Hall–Kier alpha value is -2.61. The van der Waals surface area contributed by atoms with E-state index in [1.165, 1.54) is 27.7 Å². The number of fused-ring (bicyclic) bond motifs is 1. The van der Waals surface area contributed by atoms with E-state index in [4.69, 9.17) is 11.6 Å². The summed E-state index contributed by atoms with van der Waals surface area (Å²) in [5.41, 5.74) is 1.83. The van der Waals surface area contributed by atoms with Crippen molar-refractivity contribution in [3.05, 3.63) is 81.4 Å². The fourth-order valence-corrected chi connectivity index (χ4v) is 5.01. The molecular formula is C22H18ClN3O2S2. The van der Waals surface area contributed by atoms with Crippen molar-refractivity contribution in [1.29, 1.82) is 0 Å². The van der Waals surface area contributed by atoms with Crippen molar-refractivity contribution < 1.29 is 4.79 Å². The summed E-state index contributed by atoms with van der Waals surface area (Å²) in [5, 5.41) is 2.73. The molecule has 0 unspecified atom stereocenters. The second-order valence-electron chi connectivity index (χ2n) is 6.38. The van der Waals surface area contributed by atoms with E-state index < -0.39 is 0 Å². The van der Waals surface area contributed by atoms with Crippen LogP contribution in [0.1, 0.15) is 6.92 Å². The molecule has 2 aromatic carbocycles. The first-order valence-corrected chi connectivity index (χ1v) is 11.6. The maximum Gasteiger partial charge on any atom is 0.276 e. The Morgan fingerprint density at radius 3 is 2.60 bits per heavy atom. The van der Waals surface area contributed by atoms with Crippen molar-refractivity contribution in [2.45, 2.75) is 12.1 Å². The van der Waals surface area contributed by atoms with Crippen molar-refractivity contribution >= 4 is 56.5 Å². The topological polar surface area (TPSA) is 55.2 Å². The minimum Gasteiger partial charge on any atom is -0.312 e. The van der Waals surface area contributed by atoms with Gasteiger partial charge in [-0.1, -0.05) is 53.7 Å². The number of amides is 1. The lowest BCUT2D eigenvalue weighted by atomic mass is 10.3. The summed E-state index contributed by atoms with van der Waals surface area (Å²) in [6.45, 7) is 2.49. The molecule has 2 heterocycles. The highest BCUT2D eigenvalue weighted by atomic mass is 35.5. The number of benzene rings is 2. The Balaban J connectivity index is 1.70. The molecule has 4 rings (SSSR count). The lowest BCUT2D eigenvalue weighted by Gasteiger charge is -2.21. The molecule has 0 saturated carbocycles. The highest BCUT2D eigenvalue weighted by Crippen LogP contribution is 2.27. The molecule has 0 aliphatic carbocycles. The van der Waals surface area contributed by atoms with Gasteiger partial charge in [-0.2, -0.15) is 0 Å². The van der Waals surface area contributed by atoms with Crippen LogP contribution in [-0.4, -0.2) is 27.8 Å². The molecule has 8 heteroatoms. The second kappa shape index (κ2) is 9.04. The van der Waals surface area contributed by atoms with Gasteiger partial charge in [0.15, 0.2) is 5.16 Å². The van der Waals surface area contributed by atoms with E-state index in [1.54, 1.807) is 17.0 Å². The number of nitrogens with zero attached hydrogens (tertiary/aromatic N) is 3. The number of carbonyl (C=O) groups is 1. The predicted octanol–water partition coefficient (Wildman–Crippen LogP) is 5.25. The van der Waals surface area contributed by atoms with Crippen molar-refractivity contribution in [2.75, 3.05) is 17.2 Å². The number of aromatic nitrogens is 2. The molecule has 0 radical (unpaired) electrons. The lowest BCUT2D eigenvalue weighted by Crippen LogP contribution is -2.32. The minimum atomic E-state index is -0.187. The first kappa shape index (κ1) is 20.7. The van der Waals surface area contributed by atoms with Gasteiger partial charge in [-0.3, -0.25) is 14.2 Å². The summed E-state index contributed by atoms with van der Waals surface area (Å²) in [6, 6.07) is 18.5. The highest BCUT2D eigenvalue weighted by Gasteiger charge is 2.19. The zero-order valence-corrected chi connectivity index (χ0v) is 18.5. The lowest BCUT2D eigenvalue weighted by molar-refractivity contribution is -0.116. The Morgan fingerprint density at radius 2 is 1.87 bits per heavy atom. The van der Waals surface area contributed by atoms with Gasteiger partial charge in [0.25, 0.3) is 5.56 Å². The van der Waals surface area contributed by atoms with E-state index >= 15 is 0 Å². The number of halogens is 1. The van der Waals surface area contributed by atoms with Crippen molar-refractivity contribution in [2.24, 2.45) is 0 Å². The number of hydrogen-bond donors (Lipinski definition) is 0. The molecule has 0 bridgehead atoms. The Kier molecular flexibility index (Phi) is 6.22. The van der Waals surface area contributed by atoms with Crippen LogP contribution in [0.5, 0.6) is 0 Å². The van der Waals surface area contributed by atoms with Gasteiger partial charge in [0.05, 0.1) is 22.0 Å². The van der Waals surface area contributed by atoms with Gasteiger partial charge in [0.1, 0.15) is 4.70 Å². The van der Waals surface area contributed by atoms with Gasteiger partial charge in [0.2, 0.25) is 5.91 Å². The highest BCUT2D eigenvalue weighted by molar-refractivity contribution is 7.99. The number of hydrogen-bond acceptors (Lipinski definition) is 5. The summed E-state index contributed by atoms with van der Waals surface area (Å²) in [5.74, 6) is 0.0917. The quantitative estimate of drug-likeness (QED) is 0.294. The SMILES string of the molecule is CCN(C(=O)CSc1nc2ccsc2c(=O)n1-c1ccccc1Cl)c1ccccc1. The summed E-state index contributed by atoms with van der Waals surface area (Å²) in [7, 11) is 0. The van der Waals surface area contributed by atoms with Gasteiger partial charge in [0, 0.05) is 12.2 Å². The number of carbonyl (C=O) groups excluding carboxylic acids is 1. The van der Waals surface area contributed by atoms with E-state index in [0.29, 0.717) is 32.6 Å². The molecule has 0 aliphatic heterocycles. The number of thiophene rings is 1. The van der Waals surface area contributed by atoms with E-state index in [-0.39, 0.29) is 17.2 Å². The molecule has 4 aromatic rings. The van der Waals surface area contributed by atoms with Crippen LogP contribution in [0.4, 0.5) is 5.69 Å². The number of para-hydroxylation sites is 2. The molecule has 0 spiro atoms. The molecule has 2 aromatic heterocycles. The van der Waals surface area contributed by atoms with E-state index in [9.17, 15) is 9.59 Å². The zero-order chi connectivity index (χ0) is 21.1. The fraction of sp³-hybridized carbons (Fsp3) is 0.136. The third-order valence-corrected chi connectivity index (χ3v) is 6.69. The summed E-state index contributed by atoms with van der Waals surface area (Å²) in [4.78, 5) is 32.5. The first-order chi connectivity index (χ1) is 14.6. The van der Waals surface area contributed by atoms with Gasteiger partial charge >= 0.3 is 0 Å². The minimum absolute atomic E-state index is 0.0564. The molecule has 0 fully saturated rings. The number of rotatable bonds is 6. The average molecular weight is 456 g/mol. The molecule has 0 N–H and O–H groups in total. The van der Waals surface area contributed by atoms with Crippen LogP contribution in [0, 0.1) is 0 Å². The Labute approximate surface area is 186 Å². The van der Waals surface area contributed by atoms with Crippen molar-refractivity contribution in [1.82, 2.24) is 9.55 Å². The van der Waals surface area contributed by atoms with Crippen LogP contribution < -0.4 is 10.5 Å². The van der Waals surface area contributed by atoms with Gasteiger partial charge in [-0.25, -0.2) is 4.98 Å². The average Bonchev–Trinajstić information content (AvgIpc) is 3.23. The maximum absolute atomic E-state index is 13.2. The van der Waals surface area contributed by atoms with Crippen LogP contribution in [0.25, 0.3) is 15.9 Å². The molecule has 152 valence electrons. The van der Waals surface area contributed by atoms with Crippen molar-refractivity contribution in [3.8, 4) is 5.69 Å². The second-order valence-corrected chi connectivity index (χ2v) is 8.65. The number of anilines is 1. The van der Waals surface area contributed by atoms with Gasteiger partial charge < -0.3 is 4.90 Å². The normalized spacial score (nSPS) is 11.0. The Morgan fingerprint density at radius 1 is 1.13 bits per heavy atom. The monoisotopic (exact) mass is 455 g/mol. The molecule has 30 heavy (non-hydrogen) atoms. The standard InChI is InChI=1S/C22H18ClN3O2S2/c1-2-25(15-8-4-3-5-9-15)19(27)14-30-22-24-17-12-13-29-20(17)21(28)26(22)18-11-7-6-10-16(18)23/h3-13H,2,14H2,1H3. The molecule has 5 nitrogen and oxygen atoms in total. The largest absolute Gasteiger partial charge is 0.312 e. The molecule has 0 atom stereocenters. The van der Waals surface area contributed by atoms with Crippen LogP contribution in [0.2, 0.25) is 5.02 Å². The van der Waals surface area contributed by atoms with E-state index in [2.05, 4.69) is 4.98 Å². The van der Waals surface area contributed by atoms with Crippen LogP contribution in [0.15, 0.2) is 76.0 Å². The number of thioether (sulfide) groups is 1. The third-order valence-electron chi connectivity index (χ3n) is 4.55. The van der Waals surface area contributed by atoms with Crippen LogP contribution in [-0.2, 0) is 4.79 Å². The first-order valence-electron chi connectivity index (χ1n) is 9.33. The maximum atomic E-state index is 13.2. The fourth-order valence-electron chi connectivity index (χ4n) is 3.15. The van der Waals surface area contributed by atoms with E-state index in [1.807, 2.05) is 60.8 Å². The summed E-state index contributed by atoms with van der Waals surface area (Å²) >= 11 is 8.96. The molecular weight excluding hydrogens is 438 g/mol. The Bertz CT molecular complexity index is 1250. The van der Waals surface area contributed by atoms with Gasteiger partial charge in [-0.05, 0) is 42.6 Å². The predicted molar refractivity (Wildman–Crippen MR) is 125 cm³/mol. The van der Waals surface area contributed by atoms with Crippen molar-refractivity contribution in [3.63, 3.8) is 0 Å². The molecule has 0 saturated heterocycles. The zero-order valence-electron chi connectivity index (χ0n) is 16.1. The van der Waals surface area contributed by atoms with E-state index in [0.717, 1.165) is 5.69 Å². The van der Waals surface area contributed by atoms with Crippen LogP contribution >= 0.6 is 34.7 Å². The summed E-state index contributed by atoms with van der Waals surface area (Å²) in [6.07, 6.45) is 0. The smallest absolute Gasteiger partial charge is 0.276 e. The van der Waals surface area contributed by atoms with Crippen LogP contribution in [0.3, 0.4) is 0 Å². The molecule has 0 aliphatic rings. The van der Waals surface area contributed by atoms with Gasteiger partial charge in [-0.15, -0.1) is 11.3 Å². The summed E-state index contributed by atoms with van der Waals surface area (Å²) < 4.78 is 2.06. The third kappa shape index (κ3) is 4.01.